The molecule has 0 bridgehead atoms. The molecule has 3 nitrogen and oxygen atoms in total. The van der Waals surface area contributed by atoms with E-state index < -0.39 is 0 Å². The van der Waals surface area contributed by atoms with Crippen molar-refractivity contribution < 1.29 is 4.42 Å². The molecule has 0 atom stereocenters. The Labute approximate surface area is 90.5 Å². The fourth-order valence-corrected chi connectivity index (χ4v) is 1.28. The third-order valence-electron chi connectivity index (χ3n) is 2.08. The van der Waals surface area contributed by atoms with Gasteiger partial charge in [-0.2, -0.15) is 0 Å². The maximum Gasteiger partial charge on any atom is 0.173 e. The molecule has 15 heavy (non-hydrogen) atoms. The van der Waals surface area contributed by atoms with Crippen LogP contribution >= 0.6 is 0 Å². The largest absolute Gasteiger partial charge is 0.457 e. The zero-order valence-corrected chi connectivity index (χ0v) is 10.0. The summed E-state index contributed by atoms with van der Waals surface area (Å²) in [6, 6.07) is 1.98. The Hall–Kier alpha value is -1.38. The van der Waals surface area contributed by atoms with E-state index in [1.807, 2.05) is 26.8 Å². The van der Waals surface area contributed by atoms with Gasteiger partial charge in [0.25, 0.3) is 0 Å². The first-order valence-electron chi connectivity index (χ1n) is 5.39. The van der Waals surface area contributed by atoms with Crippen LogP contribution in [0.4, 0.5) is 0 Å². The molecule has 0 saturated heterocycles. The minimum absolute atomic E-state index is 0.397. The lowest BCUT2D eigenvalue weighted by Crippen LogP contribution is -1.81. The molecule has 0 aliphatic heterocycles. The highest BCUT2D eigenvalue weighted by Gasteiger charge is 2.09. The van der Waals surface area contributed by atoms with Crippen LogP contribution in [0.25, 0.3) is 11.1 Å². The molecule has 2 heterocycles. The maximum atomic E-state index is 5.64. The molecule has 3 heteroatoms. The molecule has 0 fully saturated rings. The van der Waals surface area contributed by atoms with Gasteiger partial charge in [-0.05, 0) is 6.92 Å². The molecule has 0 unspecified atom stereocenters. The first-order valence-corrected chi connectivity index (χ1v) is 5.39. The Morgan fingerprint density at radius 1 is 1.20 bits per heavy atom. The second kappa shape index (κ2) is 4.91. The van der Waals surface area contributed by atoms with Gasteiger partial charge in [0, 0.05) is 12.0 Å². The summed E-state index contributed by atoms with van der Waals surface area (Å²) in [5, 5.41) is 0. The van der Waals surface area contributed by atoms with Crippen molar-refractivity contribution in [3.8, 4) is 0 Å². The summed E-state index contributed by atoms with van der Waals surface area (Å²) in [7, 11) is 0. The third-order valence-corrected chi connectivity index (χ3v) is 2.08. The van der Waals surface area contributed by atoms with Crippen LogP contribution < -0.4 is 0 Å². The summed E-state index contributed by atoms with van der Waals surface area (Å²) < 4.78 is 5.64. The van der Waals surface area contributed by atoms with Gasteiger partial charge in [0.1, 0.15) is 17.6 Å². The van der Waals surface area contributed by atoms with Gasteiger partial charge < -0.3 is 4.42 Å². The van der Waals surface area contributed by atoms with Crippen LogP contribution in [0.3, 0.4) is 0 Å². The first-order chi connectivity index (χ1) is 7.18. The summed E-state index contributed by atoms with van der Waals surface area (Å²) in [5.74, 6) is 1.37. The number of furan rings is 1. The predicted octanol–water partition coefficient (Wildman–Crippen LogP) is 3.68. The number of nitrogens with zero attached hydrogens (tertiary/aromatic N) is 2. The SMILES string of the molecule is CC.Cc1ncnc2cc(C(C)C)oc12. The fraction of sp³-hybridized carbons (Fsp3) is 0.500. The Balaban J connectivity index is 0.000000531. The van der Waals surface area contributed by atoms with E-state index in [1.54, 1.807) is 6.33 Å². The van der Waals surface area contributed by atoms with E-state index >= 15 is 0 Å². The molecule has 2 aromatic heterocycles. The normalized spacial score (nSPS) is 10.3. The summed E-state index contributed by atoms with van der Waals surface area (Å²) in [5.41, 5.74) is 2.61. The Bertz CT molecular complexity index is 432. The average molecular weight is 206 g/mol. The van der Waals surface area contributed by atoms with E-state index in [9.17, 15) is 0 Å². The fourth-order valence-electron chi connectivity index (χ4n) is 1.28. The molecular formula is C12H18N2O. The highest BCUT2D eigenvalue weighted by Crippen LogP contribution is 2.24. The molecule has 82 valence electrons. The van der Waals surface area contributed by atoms with Crippen molar-refractivity contribution in [3.05, 3.63) is 23.8 Å². The smallest absolute Gasteiger partial charge is 0.173 e. The molecule has 0 saturated carbocycles. The molecular weight excluding hydrogens is 188 g/mol. The molecule has 2 aromatic rings. The van der Waals surface area contributed by atoms with Crippen molar-refractivity contribution in [2.75, 3.05) is 0 Å². The highest BCUT2D eigenvalue weighted by atomic mass is 16.3. The van der Waals surface area contributed by atoms with E-state index in [4.69, 9.17) is 4.42 Å². The van der Waals surface area contributed by atoms with Gasteiger partial charge >= 0.3 is 0 Å². The number of aromatic nitrogens is 2. The highest BCUT2D eigenvalue weighted by molar-refractivity contribution is 5.75. The van der Waals surface area contributed by atoms with Gasteiger partial charge in [-0.1, -0.05) is 27.7 Å². The lowest BCUT2D eigenvalue weighted by Gasteiger charge is -1.96. The lowest BCUT2D eigenvalue weighted by molar-refractivity contribution is 0.518. The van der Waals surface area contributed by atoms with E-state index in [1.165, 1.54) is 0 Å². The third kappa shape index (κ3) is 2.35. The van der Waals surface area contributed by atoms with Crippen molar-refractivity contribution in [3.63, 3.8) is 0 Å². The second-order valence-corrected chi connectivity index (χ2v) is 3.48. The number of rotatable bonds is 1. The maximum absolute atomic E-state index is 5.64. The standard InChI is InChI=1S/C10H12N2O.C2H6/c1-6(2)9-4-8-10(13-9)7(3)11-5-12-8;1-2/h4-6H,1-3H3;1-2H3. The Kier molecular flexibility index (Phi) is 3.83. The number of fused-ring (bicyclic) bond motifs is 1. The zero-order valence-electron chi connectivity index (χ0n) is 10.0. The van der Waals surface area contributed by atoms with Crippen molar-refractivity contribution in [2.24, 2.45) is 0 Å². The van der Waals surface area contributed by atoms with Crippen LogP contribution in [0.15, 0.2) is 16.8 Å². The molecule has 0 radical (unpaired) electrons. The van der Waals surface area contributed by atoms with E-state index in [2.05, 4.69) is 23.8 Å². The van der Waals surface area contributed by atoms with Crippen LogP contribution in [0.1, 0.15) is 45.1 Å². The van der Waals surface area contributed by atoms with Crippen LogP contribution in [-0.2, 0) is 0 Å². The van der Waals surface area contributed by atoms with Gasteiger partial charge in [0.2, 0.25) is 0 Å². The summed E-state index contributed by atoms with van der Waals surface area (Å²) in [6.45, 7) is 10.1. The van der Waals surface area contributed by atoms with Gasteiger partial charge in [-0.3, -0.25) is 0 Å². The first kappa shape index (κ1) is 11.7. The molecule has 0 aromatic carbocycles. The monoisotopic (exact) mass is 206 g/mol. The van der Waals surface area contributed by atoms with Gasteiger partial charge in [-0.15, -0.1) is 0 Å². The van der Waals surface area contributed by atoms with Gasteiger partial charge in [0.15, 0.2) is 5.58 Å². The Morgan fingerprint density at radius 2 is 1.87 bits per heavy atom. The zero-order chi connectivity index (χ0) is 11.4. The van der Waals surface area contributed by atoms with E-state index in [0.29, 0.717) is 5.92 Å². The summed E-state index contributed by atoms with van der Waals surface area (Å²) in [4.78, 5) is 8.22. The quantitative estimate of drug-likeness (QED) is 0.714. The van der Waals surface area contributed by atoms with E-state index in [-0.39, 0.29) is 0 Å². The van der Waals surface area contributed by atoms with Crippen molar-refractivity contribution in [1.29, 1.82) is 0 Å². The van der Waals surface area contributed by atoms with E-state index in [0.717, 1.165) is 22.6 Å². The van der Waals surface area contributed by atoms with Crippen molar-refractivity contribution >= 4 is 11.1 Å². The number of hydrogen-bond acceptors (Lipinski definition) is 3. The van der Waals surface area contributed by atoms with Crippen LogP contribution in [-0.4, -0.2) is 9.97 Å². The molecule has 2 rings (SSSR count). The molecule has 0 amide bonds. The Morgan fingerprint density at radius 3 is 2.40 bits per heavy atom. The minimum Gasteiger partial charge on any atom is -0.457 e. The lowest BCUT2D eigenvalue weighted by atomic mass is 10.2. The van der Waals surface area contributed by atoms with Crippen molar-refractivity contribution in [2.45, 2.75) is 40.5 Å². The van der Waals surface area contributed by atoms with Gasteiger partial charge in [0.05, 0.1) is 5.69 Å². The number of hydrogen-bond donors (Lipinski definition) is 0. The summed E-state index contributed by atoms with van der Waals surface area (Å²) >= 11 is 0. The molecule has 0 spiro atoms. The minimum atomic E-state index is 0.397. The molecule has 0 aliphatic carbocycles. The predicted molar refractivity (Wildman–Crippen MR) is 62.0 cm³/mol. The second-order valence-electron chi connectivity index (χ2n) is 3.48. The van der Waals surface area contributed by atoms with Crippen LogP contribution in [0.2, 0.25) is 0 Å². The molecule has 0 aliphatic rings. The number of aryl methyl sites for hydroxylation is 1. The van der Waals surface area contributed by atoms with Crippen molar-refractivity contribution in [1.82, 2.24) is 9.97 Å². The molecule has 0 N–H and O–H groups in total. The van der Waals surface area contributed by atoms with Crippen LogP contribution in [0, 0.1) is 6.92 Å². The average Bonchev–Trinajstić information content (AvgIpc) is 2.66. The topological polar surface area (TPSA) is 38.9 Å². The summed E-state index contributed by atoms with van der Waals surface area (Å²) in [6.07, 6.45) is 1.57. The van der Waals surface area contributed by atoms with Gasteiger partial charge in [-0.25, -0.2) is 9.97 Å². The van der Waals surface area contributed by atoms with Crippen LogP contribution in [0.5, 0.6) is 0 Å².